The first-order valence-electron chi connectivity index (χ1n) is 14.4. The second-order valence-corrected chi connectivity index (χ2v) is 15.4. The Bertz CT molecular complexity index is 1350. The third kappa shape index (κ3) is 3.89. The largest absolute Gasteiger partial charge is 0.481 e. The van der Waals surface area contributed by atoms with Crippen LogP contribution in [0, 0.1) is 46.3 Å². The van der Waals surface area contributed by atoms with E-state index in [0.717, 1.165) is 9.80 Å². The van der Waals surface area contributed by atoms with Gasteiger partial charge in [-0.25, -0.2) is 9.80 Å². The van der Waals surface area contributed by atoms with Gasteiger partial charge in [-0.1, -0.05) is 33.8 Å². The predicted octanol–water partition coefficient (Wildman–Crippen LogP) is 4.62. The van der Waals surface area contributed by atoms with Crippen molar-refractivity contribution in [2.45, 2.75) is 93.9 Å². The summed E-state index contributed by atoms with van der Waals surface area (Å²) in [5.74, 6) is -4.09. The fourth-order valence-corrected chi connectivity index (χ4v) is 9.46. The summed E-state index contributed by atoms with van der Waals surface area (Å²) in [6.45, 7) is 13.5. The molecule has 5 rings (SSSR count). The van der Waals surface area contributed by atoms with E-state index in [-0.39, 0.29) is 49.9 Å². The lowest BCUT2D eigenvalue weighted by Gasteiger charge is -2.56. The van der Waals surface area contributed by atoms with Crippen LogP contribution < -0.4 is 9.80 Å². The number of nitrogens with zero attached hydrogens (tertiary/aromatic N) is 2. The van der Waals surface area contributed by atoms with Crippen molar-refractivity contribution in [1.82, 2.24) is 0 Å². The van der Waals surface area contributed by atoms with Crippen molar-refractivity contribution in [2.75, 3.05) is 9.80 Å². The molecule has 2 N–H and O–H groups in total. The number of imide groups is 2. The first-order valence-corrected chi connectivity index (χ1v) is 14.4. The topological polar surface area (TPSA) is 149 Å². The molecule has 0 spiro atoms. The molecule has 42 heavy (non-hydrogen) atoms. The molecule has 0 radical (unpaired) electrons. The number of carboxylic acid groups (broad SMARTS) is 2. The SMILES string of the molecule is Cc1cc(C)c(N2C(=O)[C@@]3(C)CC(C)(C(=O)O)C[C@](C)(C3)C2=O)cc1N1C(=O)[C@@]2(C)CC(C)(C(=O)O)C[C@](C)(C2)C1=O. The monoisotopic (exact) mass is 580 g/mol. The van der Waals surface area contributed by atoms with E-state index in [0.29, 0.717) is 11.1 Å². The van der Waals surface area contributed by atoms with E-state index in [1.807, 2.05) is 0 Å². The molecule has 10 nitrogen and oxygen atoms in total. The minimum atomic E-state index is -1.24. The van der Waals surface area contributed by atoms with Crippen LogP contribution in [0.4, 0.5) is 11.4 Å². The molecule has 4 amide bonds. The average Bonchev–Trinajstić information content (AvgIpc) is 2.83. The molecule has 1 aromatic carbocycles. The Morgan fingerprint density at radius 2 is 0.810 bits per heavy atom. The molecule has 4 fully saturated rings. The molecular formula is C32H40N2O8. The molecule has 226 valence electrons. The Balaban J connectivity index is 1.63. The van der Waals surface area contributed by atoms with Crippen LogP contribution in [0.1, 0.15) is 91.2 Å². The van der Waals surface area contributed by atoms with Gasteiger partial charge in [-0.15, -0.1) is 0 Å². The molecule has 0 aromatic heterocycles. The molecule has 4 bridgehead atoms. The zero-order valence-electron chi connectivity index (χ0n) is 25.6. The third-order valence-corrected chi connectivity index (χ3v) is 10.6. The van der Waals surface area contributed by atoms with Gasteiger partial charge in [-0.2, -0.15) is 0 Å². The van der Waals surface area contributed by atoms with Crippen LogP contribution in [-0.4, -0.2) is 45.8 Å². The van der Waals surface area contributed by atoms with Gasteiger partial charge in [0.1, 0.15) is 0 Å². The van der Waals surface area contributed by atoms with Crippen LogP contribution >= 0.6 is 0 Å². The molecule has 2 unspecified atom stereocenters. The summed E-state index contributed by atoms with van der Waals surface area (Å²) in [4.78, 5) is 83.0. The Hall–Kier alpha value is -3.56. The van der Waals surface area contributed by atoms with Crippen molar-refractivity contribution in [3.8, 4) is 0 Å². The predicted molar refractivity (Wildman–Crippen MR) is 153 cm³/mol. The Morgan fingerprint density at radius 1 is 0.548 bits per heavy atom. The minimum absolute atomic E-state index is 0.0768. The number of hydrogen-bond donors (Lipinski definition) is 2. The molecule has 2 saturated carbocycles. The van der Waals surface area contributed by atoms with Gasteiger partial charge in [-0.05, 0) is 83.4 Å². The quantitative estimate of drug-likeness (QED) is 0.490. The van der Waals surface area contributed by atoms with Gasteiger partial charge in [0.15, 0.2) is 0 Å². The number of hydrogen-bond acceptors (Lipinski definition) is 6. The second-order valence-electron chi connectivity index (χ2n) is 15.4. The smallest absolute Gasteiger partial charge is 0.309 e. The van der Waals surface area contributed by atoms with E-state index in [1.165, 1.54) is 0 Å². The van der Waals surface area contributed by atoms with E-state index < -0.39 is 68.1 Å². The van der Waals surface area contributed by atoms with Crippen LogP contribution in [-0.2, 0) is 28.8 Å². The van der Waals surface area contributed by atoms with Gasteiger partial charge >= 0.3 is 11.9 Å². The lowest BCUT2D eigenvalue weighted by atomic mass is 9.51. The Kier molecular flexibility index (Phi) is 6.06. The number of carbonyl (C=O) groups excluding carboxylic acids is 4. The van der Waals surface area contributed by atoms with Crippen LogP contribution in [0.15, 0.2) is 12.1 Å². The van der Waals surface area contributed by atoms with Gasteiger partial charge < -0.3 is 10.2 Å². The zero-order valence-corrected chi connectivity index (χ0v) is 25.6. The molecule has 2 aliphatic heterocycles. The van der Waals surface area contributed by atoms with Crippen molar-refractivity contribution in [3.63, 3.8) is 0 Å². The number of carboxylic acids is 2. The molecule has 2 aliphatic carbocycles. The van der Waals surface area contributed by atoms with E-state index in [4.69, 9.17) is 0 Å². The number of amides is 4. The summed E-state index contributed by atoms with van der Waals surface area (Å²) in [6, 6.07) is 3.28. The van der Waals surface area contributed by atoms with E-state index in [2.05, 4.69) is 0 Å². The van der Waals surface area contributed by atoms with Crippen molar-refractivity contribution in [2.24, 2.45) is 32.5 Å². The summed E-state index contributed by atoms with van der Waals surface area (Å²) < 4.78 is 0. The van der Waals surface area contributed by atoms with Crippen LogP contribution in [0.2, 0.25) is 0 Å². The van der Waals surface area contributed by atoms with E-state index >= 15 is 0 Å². The zero-order chi connectivity index (χ0) is 31.6. The second kappa shape index (κ2) is 8.51. The lowest BCUT2D eigenvalue weighted by molar-refractivity contribution is -0.169. The summed E-state index contributed by atoms with van der Waals surface area (Å²) in [5, 5.41) is 20.0. The summed E-state index contributed by atoms with van der Waals surface area (Å²) >= 11 is 0. The molecule has 2 saturated heterocycles. The number of rotatable bonds is 4. The third-order valence-electron chi connectivity index (χ3n) is 10.6. The first-order chi connectivity index (χ1) is 19.0. The number of aryl methyl sites for hydroxylation is 2. The number of carbonyl (C=O) groups is 6. The molecular weight excluding hydrogens is 540 g/mol. The van der Waals surface area contributed by atoms with Crippen LogP contribution in [0.5, 0.6) is 0 Å². The minimum Gasteiger partial charge on any atom is -0.481 e. The van der Waals surface area contributed by atoms with Crippen molar-refractivity contribution in [3.05, 3.63) is 23.3 Å². The van der Waals surface area contributed by atoms with Gasteiger partial charge in [-0.3, -0.25) is 28.8 Å². The van der Waals surface area contributed by atoms with Gasteiger partial charge in [0, 0.05) is 21.7 Å². The molecule has 10 heteroatoms. The fourth-order valence-electron chi connectivity index (χ4n) is 9.46. The van der Waals surface area contributed by atoms with Gasteiger partial charge in [0.2, 0.25) is 23.6 Å². The van der Waals surface area contributed by atoms with Crippen LogP contribution in [0.3, 0.4) is 0 Å². The molecule has 6 atom stereocenters. The number of fused-ring (bicyclic) bond motifs is 4. The van der Waals surface area contributed by atoms with Crippen molar-refractivity contribution in [1.29, 1.82) is 0 Å². The maximum atomic E-state index is 14.1. The highest BCUT2D eigenvalue weighted by molar-refractivity contribution is 6.24. The molecule has 2 heterocycles. The standard InChI is InChI=1S/C32H40N2O8/c1-17-9-18(2)20(34-23(37)29(5)12-30(6,24(34)38)16-32(8,15-29)26(41)42)10-19(17)33-21(35)27(3)11-28(4,22(33)36)14-31(7,13-27)25(39)40/h9-10H,11-16H2,1-8H3,(H,39,40)(H,41,42)/t27-,28+,29-,30+,31?,32?. The lowest BCUT2D eigenvalue weighted by Crippen LogP contribution is -2.65. The highest BCUT2D eigenvalue weighted by Gasteiger charge is 2.65. The highest BCUT2D eigenvalue weighted by Crippen LogP contribution is 2.61. The number of benzene rings is 1. The Labute approximate surface area is 245 Å². The maximum Gasteiger partial charge on any atom is 0.309 e. The number of aliphatic carboxylic acids is 2. The normalized spacial score (nSPS) is 39.9. The molecule has 1 aromatic rings. The highest BCUT2D eigenvalue weighted by atomic mass is 16.4. The van der Waals surface area contributed by atoms with Crippen molar-refractivity contribution < 1.29 is 39.0 Å². The maximum absolute atomic E-state index is 14.1. The summed E-state index contributed by atoms with van der Waals surface area (Å²) in [6.07, 6.45) is 0.774. The summed E-state index contributed by atoms with van der Waals surface area (Å²) in [5.41, 5.74) is -5.23. The van der Waals surface area contributed by atoms with Crippen LogP contribution in [0.25, 0.3) is 0 Å². The average molecular weight is 581 g/mol. The first kappa shape index (κ1) is 29.9. The summed E-state index contributed by atoms with van der Waals surface area (Å²) in [7, 11) is 0. The fraction of sp³-hybridized carbons (Fsp3) is 0.625. The van der Waals surface area contributed by atoms with Gasteiger partial charge in [0.05, 0.1) is 22.2 Å². The number of piperidine rings is 2. The number of anilines is 2. The molecule has 4 aliphatic rings. The van der Waals surface area contributed by atoms with Crippen molar-refractivity contribution >= 4 is 46.9 Å². The van der Waals surface area contributed by atoms with Gasteiger partial charge in [0.25, 0.3) is 0 Å². The Morgan fingerprint density at radius 3 is 1.05 bits per heavy atom. The van der Waals surface area contributed by atoms with E-state index in [9.17, 15) is 39.0 Å². The van der Waals surface area contributed by atoms with E-state index in [1.54, 1.807) is 67.5 Å².